The summed E-state index contributed by atoms with van der Waals surface area (Å²) in [5.41, 5.74) is 3.07. The molecule has 0 bridgehead atoms. The van der Waals surface area contributed by atoms with Crippen LogP contribution in [0, 0.1) is 0 Å². The predicted octanol–water partition coefficient (Wildman–Crippen LogP) is 5.23. The summed E-state index contributed by atoms with van der Waals surface area (Å²) in [5.74, 6) is 0.422. The molecule has 4 aromatic rings. The molecule has 42 heavy (non-hydrogen) atoms. The zero-order valence-electron chi connectivity index (χ0n) is 24.6. The van der Waals surface area contributed by atoms with Gasteiger partial charge >= 0.3 is 5.97 Å². The van der Waals surface area contributed by atoms with Crippen LogP contribution < -0.4 is 14.7 Å². The molecule has 0 N–H and O–H groups in total. The highest BCUT2D eigenvalue weighted by atomic mass is 16.5. The van der Waals surface area contributed by atoms with Gasteiger partial charge in [-0.2, -0.15) is 10.1 Å². The number of carbonyl (C=O) groups is 2. The molecule has 3 heterocycles. The van der Waals surface area contributed by atoms with Crippen molar-refractivity contribution >= 4 is 40.2 Å². The van der Waals surface area contributed by atoms with Gasteiger partial charge in [0.15, 0.2) is 0 Å². The fourth-order valence-corrected chi connectivity index (χ4v) is 5.07. The first-order valence-electron chi connectivity index (χ1n) is 14.0. The minimum absolute atomic E-state index is 0.0313. The summed E-state index contributed by atoms with van der Waals surface area (Å²) in [6, 6.07) is 15.1. The maximum atomic E-state index is 14.3. The van der Waals surface area contributed by atoms with Crippen molar-refractivity contribution in [2.45, 2.75) is 39.8 Å². The highest BCUT2D eigenvalue weighted by molar-refractivity contribution is 6.14. The zero-order valence-corrected chi connectivity index (χ0v) is 24.6. The molecule has 1 aliphatic heterocycles. The molecule has 5 rings (SSSR count). The number of benzene rings is 2. The summed E-state index contributed by atoms with van der Waals surface area (Å²) >= 11 is 0. The average molecular weight is 566 g/mol. The second-order valence-electron chi connectivity index (χ2n) is 10.3. The second kappa shape index (κ2) is 11.9. The van der Waals surface area contributed by atoms with E-state index in [9.17, 15) is 9.59 Å². The van der Waals surface area contributed by atoms with Gasteiger partial charge in [-0.3, -0.25) is 9.48 Å². The number of para-hydroxylation sites is 2. The van der Waals surface area contributed by atoms with Crippen molar-refractivity contribution in [1.82, 2.24) is 19.7 Å². The highest BCUT2D eigenvalue weighted by Crippen LogP contribution is 2.39. The number of hydrogen-bond acceptors (Lipinski definition) is 8. The molecule has 0 saturated carbocycles. The van der Waals surface area contributed by atoms with Gasteiger partial charge in [-0.15, -0.1) is 0 Å². The van der Waals surface area contributed by atoms with Crippen LogP contribution in [0.3, 0.4) is 0 Å². The molecule has 2 aromatic carbocycles. The third-order valence-corrected chi connectivity index (χ3v) is 7.26. The van der Waals surface area contributed by atoms with Crippen LogP contribution in [0.1, 0.15) is 43.1 Å². The lowest BCUT2D eigenvalue weighted by atomic mass is 10.0. The average Bonchev–Trinajstić information content (AvgIpc) is 3.40. The summed E-state index contributed by atoms with van der Waals surface area (Å²) in [4.78, 5) is 42.4. The Bertz CT molecular complexity index is 1690. The summed E-state index contributed by atoms with van der Waals surface area (Å²) in [6.07, 6.45) is 6.14. The van der Waals surface area contributed by atoms with Gasteiger partial charge in [-0.1, -0.05) is 37.8 Å². The smallest absolute Gasteiger partial charge is 0.337 e. The van der Waals surface area contributed by atoms with Crippen molar-refractivity contribution in [2.75, 3.05) is 28.4 Å². The van der Waals surface area contributed by atoms with E-state index in [2.05, 4.69) is 25.5 Å². The molecule has 10 heteroatoms. The maximum Gasteiger partial charge on any atom is 0.337 e. The standard InChI is InChI=1S/C32H35N7O3/c1-7-22(4)38-27-16-12-10-14-25(27)30(40)39(28(38)17-21(3)31(41)42-8-2)32-34-26-15-11-9-13-24(26)29(35-32)36(5)19-23-18-33-37(6)20-23/h9-18,20,22H,3,7-8,19H2,1-2,4-6H3. The van der Waals surface area contributed by atoms with Crippen LogP contribution in [-0.2, 0) is 23.1 Å². The first-order valence-corrected chi connectivity index (χ1v) is 14.0. The van der Waals surface area contributed by atoms with E-state index in [-0.39, 0.29) is 30.1 Å². The first-order chi connectivity index (χ1) is 20.2. The molecule has 0 spiro atoms. The van der Waals surface area contributed by atoms with Crippen molar-refractivity contribution in [3.63, 3.8) is 0 Å². The Morgan fingerprint density at radius 1 is 1.12 bits per heavy atom. The Balaban J connectivity index is 1.72. The van der Waals surface area contributed by atoms with Gasteiger partial charge in [-0.25, -0.2) is 14.7 Å². The number of fused-ring (bicyclic) bond motifs is 2. The number of carbonyl (C=O) groups excluding carboxylic acids is 2. The molecule has 0 fully saturated rings. The number of rotatable bonds is 9. The van der Waals surface area contributed by atoms with Crippen molar-refractivity contribution in [3.8, 4) is 0 Å². The number of ether oxygens (including phenoxy) is 1. The van der Waals surface area contributed by atoms with Crippen LogP contribution in [0.25, 0.3) is 10.9 Å². The molecule has 1 atom stereocenters. The van der Waals surface area contributed by atoms with E-state index in [1.54, 1.807) is 23.7 Å². The van der Waals surface area contributed by atoms with Crippen molar-refractivity contribution in [3.05, 3.63) is 96.1 Å². The van der Waals surface area contributed by atoms with E-state index >= 15 is 0 Å². The quantitative estimate of drug-likeness (QED) is 0.201. The lowest BCUT2D eigenvalue weighted by Gasteiger charge is -2.42. The van der Waals surface area contributed by atoms with E-state index < -0.39 is 5.97 Å². The third kappa shape index (κ3) is 5.35. The second-order valence-corrected chi connectivity index (χ2v) is 10.3. The minimum atomic E-state index is -0.559. The lowest BCUT2D eigenvalue weighted by Crippen LogP contribution is -2.49. The SMILES string of the molecule is C=C(C=C1N(c2nc(N(C)Cc3cnn(C)c3)c3ccccc3n2)C(=O)c2ccccc2N1C(C)CC)C(=O)OCC. The van der Waals surface area contributed by atoms with E-state index in [4.69, 9.17) is 14.7 Å². The molecule has 2 aromatic heterocycles. The summed E-state index contributed by atoms with van der Waals surface area (Å²) < 4.78 is 6.98. The largest absolute Gasteiger partial charge is 0.462 e. The van der Waals surface area contributed by atoms with E-state index in [1.165, 1.54) is 4.90 Å². The van der Waals surface area contributed by atoms with Crippen molar-refractivity contribution in [1.29, 1.82) is 0 Å². The van der Waals surface area contributed by atoms with Gasteiger partial charge in [0.25, 0.3) is 5.91 Å². The van der Waals surface area contributed by atoms with Crippen LogP contribution in [0.2, 0.25) is 0 Å². The highest BCUT2D eigenvalue weighted by Gasteiger charge is 2.38. The zero-order chi connectivity index (χ0) is 30.0. The van der Waals surface area contributed by atoms with Crippen LogP contribution in [0.5, 0.6) is 0 Å². The van der Waals surface area contributed by atoms with E-state index in [1.807, 2.05) is 78.8 Å². The van der Waals surface area contributed by atoms with Crippen LogP contribution in [-0.4, -0.2) is 51.3 Å². The fourth-order valence-electron chi connectivity index (χ4n) is 5.07. The molecule has 0 radical (unpaired) electrons. The Morgan fingerprint density at radius 3 is 2.57 bits per heavy atom. The molecular formula is C32H35N7O3. The van der Waals surface area contributed by atoms with Gasteiger partial charge < -0.3 is 14.5 Å². The third-order valence-electron chi connectivity index (χ3n) is 7.26. The topological polar surface area (TPSA) is 96.7 Å². The Hall–Kier alpha value is -4.99. The Morgan fingerprint density at radius 2 is 1.86 bits per heavy atom. The number of esters is 1. The monoisotopic (exact) mass is 565 g/mol. The number of aromatic nitrogens is 4. The molecular weight excluding hydrogens is 530 g/mol. The summed E-state index contributed by atoms with van der Waals surface area (Å²) in [6.45, 7) is 10.6. The molecule has 10 nitrogen and oxygen atoms in total. The number of hydrogen-bond donors (Lipinski definition) is 0. The number of aryl methyl sites for hydroxylation is 1. The molecule has 1 aliphatic rings. The van der Waals surface area contributed by atoms with Crippen LogP contribution in [0.4, 0.5) is 17.5 Å². The molecule has 0 aliphatic carbocycles. The van der Waals surface area contributed by atoms with Gasteiger partial charge in [-0.05, 0) is 50.6 Å². The lowest BCUT2D eigenvalue weighted by molar-refractivity contribution is -0.138. The minimum Gasteiger partial charge on any atom is -0.462 e. The van der Waals surface area contributed by atoms with Crippen molar-refractivity contribution < 1.29 is 14.3 Å². The Kier molecular flexibility index (Phi) is 8.06. The summed E-state index contributed by atoms with van der Waals surface area (Å²) in [5, 5.41) is 5.14. The molecule has 1 unspecified atom stereocenters. The molecule has 0 saturated heterocycles. The number of nitrogens with zero attached hydrogens (tertiary/aromatic N) is 7. The van der Waals surface area contributed by atoms with Crippen LogP contribution >= 0.6 is 0 Å². The van der Waals surface area contributed by atoms with Gasteiger partial charge in [0.05, 0.1) is 35.1 Å². The maximum absolute atomic E-state index is 14.3. The van der Waals surface area contributed by atoms with Gasteiger partial charge in [0.2, 0.25) is 5.95 Å². The normalized spacial score (nSPS) is 14.7. The number of amides is 1. The molecule has 216 valence electrons. The van der Waals surface area contributed by atoms with Gasteiger partial charge in [0.1, 0.15) is 11.6 Å². The van der Waals surface area contributed by atoms with Gasteiger partial charge in [0, 0.05) is 43.8 Å². The predicted molar refractivity (Wildman–Crippen MR) is 164 cm³/mol. The fraction of sp³-hybridized carbons (Fsp3) is 0.281. The van der Waals surface area contributed by atoms with E-state index in [0.29, 0.717) is 29.3 Å². The summed E-state index contributed by atoms with van der Waals surface area (Å²) in [7, 11) is 3.83. The Labute approximate surface area is 245 Å². The first kappa shape index (κ1) is 28.5. The van der Waals surface area contributed by atoms with Crippen molar-refractivity contribution in [2.24, 2.45) is 7.05 Å². The van der Waals surface area contributed by atoms with E-state index in [0.717, 1.165) is 23.1 Å². The molecule has 1 amide bonds. The van der Waals surface area contributed by atoms with Crippen LogP contribution in [0.15, 0.2) is 85.0 Å². The number of anilines is 3.